The molecule has 0 fully saturated rings. The summed E-state index contributed by atoms with van der Waals surface area (Å²) in [6.45, 7) is 8.21. The van der Waals surface area contributed by atoms with Crippen molar-refractivity contribution in [2.24, 2.45) is 5.92 Å². The summed E-state index contributed by atoms with van der Waals surface area (Å²) in [6, 6.07) is 6.97. The second kappa shape index (κ2) is 7.77. The molecule has 2 aromatic rings. The van der Waals surface area contributed by atoms with E-state index in [1.807, 2.05) is 13.8 Å². The minimum absolute atomic E-state index is 0.156. The van der Waals surface area contributed by atoms with Crippen LogP contribution in [0.2, 0.25) is 0 Å². The van der Waals surface area contributed by atoms with Gasteiger partial charge in [0.15, 0.2) is 0 Å². The number of carbonyl (C=O) groups excluding carboxylic acids is 2. The third-order valence-corrected chi connectivity index (χ3v) is 3.64. The average molecular weight is 329 g/mol. The van der Waals surface area contributed by atoms with Gasteiger partial charge in [0.25, 0.3) is 5.91 Å². The Bertz CT molecular complexity index is 715. The predicted octanol–water partition coefficient (Wildman–Crippen LogP) is 2.86. The molecule has 2 N–H and O–H groups in total. The lowest BCUT2D eigenvalue weighted by Gasteiger charge is -2.12. The summed E-state index contributed by atoms with van der Waals surface area (Å²) in [5.74, 6) is 0.575. The molecule has 0 spiro atoms. The number of hydrogen-bond donors (Lipinski definition) is 2. The highest BCUT2D eigenvalue weighted by Gasteiger charge is 2.16. The van der Waals surface area contributed by atoms with Crippen LogP contribution in [-0.2, 0) is 11.2 Å². The Kier molecular flexibility index (Phi) is 5.73. The molecule has 1 aromatic carbocycles. The van der Waals surface area contributed by atoms with Gasteiger partial charge >= 0.3 is 0 Å². The van der Waals surface area contributed by atoms with Crippen molar-refractivity contribution in [3.63, 3.8) is 0 Å². The first kappa shape index (κ1) is 17.7. The fourth-order valence-electron chi connectivity index (χ4n) is 2.29. The number of anilines is 1. The summed E-state index contributed by atoms with van der Waals surface area (Å²) in [7, 11) is 0. The average Bonchev–Trinajstić information content (AvgIpc) is 2.85. The number of carbonyl (C=O) groups is 2. The van der Waals surface area contributed by atoms with Gasteiger partial charge in [-0.2, -0.15) is 0 Å². The Morgan fingerprint density at radius 3 is 2.54 bits per heavy atom. The maximum absolute atomic E-state index is 12.3. The smallest absolute Gasteiger partial charge is 0.253 e. The van der Waals surface area contributed by atoms with Gasteiger partial charge in [-0.1, -0.05) is 31.1 Å². The van der Waals surface area contributed by atoms with Crippen LogP contribution in [0.4, 0.5) is 5.69 Å². The molecule has 0 aliphatic carbocycles. The van der Waals surface area contributed by atoms with Crippen LogP contribution in [0.25, 0.3) is 0 Å². The van der Waals surface area contributed by atoms with Crippen LogP contribution >= 0.6 is 0 Å². The summed E-state index contributed by atoms with van der Waals surface area (Å²) in [5.41, 5.74) is 2.42. The highest BCUT2D eigenvalue weighted by atomic mass is 16.5. The van der Waals surface area contributed by atoms with Gasteiger partial charge in [0, 0.05) is 12.1 Å². The van der Waals surface area contributed by atoms with Crippen molar-refractivity contribution >= 4 is 17.5 Å². The van der Waals surface area contributed by atoms with Gasteiger partial charge < -0.3 is 15.2 Å². The quantitative estimate of drug-likeness (QED) is 0.853. The van der Waals surface area contributed by atoms with Crippen molar-refractivity contribution in [3.05, 3.63) is 46.8 Å². The summed E-state index contributed by atoms with van der Waals surface area (Å²) >= 11 is 0. The lowest BCUT2D eigenvalue weighted by atomic mass is 10.1. The molecule has 128 valence electrons. The number of hydrogen-bond acceptors (Lipinski definition) is 4. The molecule has 0 bridgehead atoms. The number of nitrogens with one attached hydrogen (secondary N) is 2. The van der Waals surface area contributed by atoms with E-state index in [4.69, 9.17) is 4.52 Å². The molecular formula is C18H23N3O3. The SMILES string of the molecule is Cc1noc(C)c1CC(=O)Nc1ccccc1C(=O)NCC(C)C. The first-order valence-electron chi connectivity index (χ1n) is 7.97. The zero-order chi connectivity index (χ0) is 17.7. The van der Waals surface area contributed by atoms with Gasteiger partial charge in [-0.25, -0.2) is 0 Å². The van der Waals surface area contributed by atoms with E-state index in [9.17, 15) is 9.59 Å². The molecule has 1 heterocycles. The van der Waals surface area contributed by atoms with Crippen LogP contribution in [0.5, 0.6) is 0 Å². The van der Waals surface area contributed by atoms with Crippen molar-refractivity contribution in [1.82, 2.24) is 10.5 Å². The summed E-state index contributed by atoms with van der Waals surface area (Å²) < 4.78 is 5.07. The van der Waals surface area contributed by atoms with Crippen LogP contribution < -0.4 is 10.6 Å². The van der Waals surface area contributed by atoms with E-state index in [0.29, 0.717) is 35.2 Å². The van der Waals surface area contributed by atoms with E-state index in [1.54, 1.807) is 38.1 Å². The Balaban J connectivity index is 2.09. The van der Waals surface area contributed by atoms with Gasteiger partial charge in [-0.15, -0.1) is 0 Å². The third-order valence-electron chi connectivity index (χ3n) is 3.64. The summed E-state index contributed by atoms with van der Waals surface area (Å²) in [6.07, 6.45) is 0.156. The lowest BCUT2D eigenvalue weighted by molar-refractivity contribution is -0.115. The van der Waals surface area contributed by atoms with Gasteiger partial charge in [0.05, 0.1) is 23.4 Å². The third kappa shape index (κ3) is 4.44. The molecule has 0 aliphatic heterocycles. The molecular weight excluding hydrogens is 306 g/mol. The molecule has 24 heavy (non-hydrogen) atoms. The van der Waals surface area contributed by atoms with Crippen molar-refractivity contribution in [1.29, 1.82) is 0 Å². The molecule has 0 saturated heterocycles. The van der Waals surface area contributed by atoms with Gasteiger partial charge in [0.1, 0.15) is 5.76 Å². The van der Waals surface area contributed by atoms with E-state index in [-0.39, 0.29) is 18.2 Å². The van der Waals surface area contributed by atoms with Crippen molar-refractivity contribution in [2.75, 3.05) is 11.9 Å². The molecule has 6 heteroatoms. The standard InChI is InChI=1S/C18H23N3O3/c1-11(2)10-19-18(23)14-7-5-6-8-16(14)20-17(22)9-15-12(3)21-24-13(15)4/h5-8,11H,9-10H2,1-4H3,(H,19,23)(H,20,22). The molecule has 0 aliphatic rings. The van der Waals surface area contributed by atoms with E-state index >= 15 is 0 Å². The zero-order valence-corrected chi connectivity index (χ0v) is 14.5. The van der Waals surface area contributed by atoms with E-state index in [0.717, 1.165) is 5.56 Å². The maximum Gasteiger partial charge on any atom is 0.253 e. The fourth-order valence-corrected chi connectivity index (χ4v) is 2.29. The van der Waals surface area contributed by atoms with Crippen molar-refractivity contribution in [2.45, 2.75) is 34.1 Å². The second-order valence-electron chi connectivity index (χ2n) is 6.18. The highest BCUT2D eigenvalue weighted by Crippen LogP contribution is 2.17. The monoisotopic (exact) mass is 329 g/mol. The first-order valence-corrected chi connectivity index (χ1v) is 7.97. The Hall–Kier alpha value is -2.63. The van der Waals surface area contributed by atoms with Crippen LogP contribution in [0.3, 0.4) is 0 Å². The number of aryl methyl sites for hydroxylation is 2. The summed E-state index contributed by atoms with van der Waals surface area (Å²) in [5, 5.41) is 9.51. The van der Waals surface area contributed by atoms with E-state index in [1.165, 1.54) is 0 Å². The number of nitrogens with zero attached hydrogens (tertiary/aromatic N) is 1. The first-order chi connectivity index (χ1) is 11.4. The molecule has 2 amide bonds. The highest BCUT2D eigenvalue weighted by molar-refractivity contribution is 6.04. The Labute approximate surface area is 141 Å². The molecule has 1 aromatic heterocycles. The number of rotatable bonds is 6. The Morgan fingerprint density at radius 1 is 1.21 bits per heavy atom. The number of amides is 2. The molecule has 0 unspecified atom stereocenters. The minimum Gasteiger partial charge on any atom is -0.361 e. The second-order valence-corrected chi connectivity index (χ2v) is 6.18. The van der Waals surface area contributed by atoms with Crippen molar-refractivity contribution < 1.29 is 14.1 Å². The largest absolute Gasteiger partial charge is 0.361 e. The lowest BCUT2D eigenvalue weighted by Crippen LogP contribution is -2.28. The van der Waals surface area contributed by atoms with Crippen LogP contribution in [0.15, 0.2) is 28.8 Å². The number of aromatic nitrogens is 1. The number of para-hydroxylation sites is 1. The van der Waals surface area contributed by atoms with E-state index in [2.05, 4.69) is 15.8 Å². The zero-order valence-electron chi connectivity index (χ0n) is 14.5. The predicted molar refractivity (Wildman–Crippen MR) is 91.9 cm³/mol. The Morgan fingerprint density at radius 2 is 1.92 bits per heavy atom. The van der Waals surface area contributed by atoms with Gasteiger partial charge in [-0.05, 0) is 31.9 Å². The number of benzene rings is 1. The summed E-state index contributed by atoms with van der Waals surface area (Å²) in [4.78, 5) is 24.6. The topological polar surface area (TPSA) is 84.2 Å². The minimum atomic E-state index is -0.214. The normalized spacial score (nSPS) is 10.7. The fraction of sp³-hybridized carbons (Fsp3) is 0.389. The molecule has 6 nitrogen and oxygen atoms in total. The van der Waals surface area contributed by atoms with Crippen LogP contribution in [-0.4, -0.2) is 23.5 Å². The maximum atomic E-state index is 12.3. The van der Waals surface area contributed by atoms with E-state index < -0.39 is 0 Å². The van der Waals surface area contributed by atoms with Crippen LogP contribution in [0, 0.1) is 19.8 Å². The molecule has 0 saturated carbocycles. The molecule has 2 rings (SSSR count). The van der Waals surface area contributed by atoms with Gasteiger partial charge in [-0.3, -0.25) is 9.59 Å². The molecule has 0 atom stereocenters. The molecule has 0 radical (unpaired) electrons. The van der Waals surface area contributed by atoms with Gasteiger partial charge in [0.2, 0.25) is 5.91 Å². The van der Waals surface area contributed by atoms with Crippen molar-refractivity contribution in [3.8, 4) is 0 Å². The van der Waals surface area contributed by atoms with Crippen LogP contribution in [0.1, 0.15) is 41.2 Å².